The minimum atomic E-state index is -0.883. The Bertz CT molecular complexity index is 1140. The Balaban J connectivity index is 1.98. The maximum atomic E-state index is 11.3. The van der Waals surface area contributed by atoms with Crippen LogP contribution in [0.15, 0.2) is 90.1 Å². The molecule has 4 aromatic rings. The molecule has 0 fully saturated rings. The van der Waals surface area contributed by atoms with Gasteiger partial charge in [-0.05, 0) is 24.3 Å². The fraction of sp³-hybridized carbons (Fsp3) is 0.0833. The van der Waals surface area contributed by atoms with E-state index in [-0.39, 0.29) is 5.75 Å². The number of nitrogens with zero attached hydrogens (tertiary/aromatic N) is 2. The molecule has 0 amide bonds. The SMILES string of the molecule is COc1ccc(-n2c(SCC(=O)O)nc(-c3ccccc3)c2-c2ccccc2)cc1. The van der Waals surface area contributed by atoms with Crippen molar-refractivity contribution in [1.82, 2.24) is 9.55 Å². The molecule has 1 N–H and O–H groups in total. The number of ether oxygens (including phenoxy) is 1. The molecule has 6 heteroatoms. The van der Waals surface area contributed by atoms with E-state index in [2.05, 4.69) is 0 Å². The number of rotatable bonds is 7. The van der Waals surface area contributed by atoms with Crippen molar-refractivity contribution in [2.45, 2.75) is 5.16 Å². The highest BCUT2D eigenvalue weighted by Crippen LogP contribution is 2.38. The summed E-state index contributed by atoms with van der Waals surface area (Å²) < 4.78 is 7.31. The van der Waals surface area contributed by atoms with Crippen molar-refractivity contribution in [1.29, 1.82) is 0 Å². The Hall–Kier alpha value is -3.51. The maximum absolute atomic E-state index is 11.3. The van der Waals surface area contributed by atoms with Gasteiger partial charge in [0.25, 0.3) is 0 Å². The molecule has 0 unspecified atom stereocenters. The van der Waals surface area contributed by atoms with E-state index in [0.29, 0.717) is 5.16 Å². The van der Waals surface area contributed by atoms with Crippen molar-refractivity contribution in [3.63, 3.8) is 0 Å². The number of aliphatic carboxylic acids is 1. The number of methoxy groups -OCH3 is 1. The molecule has 3 aromatic carbocycles. The van der Waals surface area contributed by atoms with E-state index in [9.17, 15) is 9.90 Å². The fourth-order valence-corrected chi connectivity index (χ4v) is 3.99. The standard InChI is InChI=1S/C24H20N2O3S/c1-29-20-14-12-19(13-15-20)26-23(18-10-6-3-7-11-18)22(17-8-4-2-5-9-17)25-24(26)30-16-21(27)28/h2-15H,16H2,1H3,(H,27,28). The third-order valence-electron chi connectivity index (χ3n) is 4.60. The molecule has 0 spiro atoms. The first-order chi connectivity index (χ1) is 14.7. The molecule has 1 aromatic heterocycles. The molecule has 0 saturated heterocycles. The summed E-state index contributed by atoms with van der Waals surface area (Å²) in [6, 6.07) is 27.6. The highest BCUT2D eigenvalue weighted by Gasteiger charge is 2.22. The Morgan fingerprint density at radius 3 is 2.10 bits per heavy atom. The zero-order chi connectivity index (χ0) is 20.9. The van der Waals surface area contributed by atoms with Gasteiger partial charge in [0, 0.05) is 16.8 Å². The number of benzene rings is 3. The highest BCUT2D eigenvalue weighted by molar-refractivity contribution is 7.99. The van der Waals surface area contributed by atoms with Crippen molar-refractivity contribution in [3.8, 4) is 34.0 Å². The van der Waals surface area contributed by atoms with Gasteiger partial charge in [-0.15, -0.1) is 0 Å². The summed E-state index contributed by atoms with van der Waals surface area (Å²) in [5.74, 6) is -0.203. The summed E-state index contributed by atoms with van der Waals surface area (Å²) in [5.41, 5.74) is 4.59. The Morgan fingerprint density at radius 2 is 1.53 bits per heavy atom. The number of aromatic nitrogens is 2. The number of carbonyl (C=O) groups is 1. The normalized spacial score (nSPS) is 10.7. The lowest BCUT2D eigenvalue weighted by atomic mass is 10.0. The summed E-state index contributed by atoms with van der Waals surface area (Å²) >= 11 is 1.21. The van der Waals surface area contributed by atoms with Gasteiger partial charge in [-0.3, -0.25) is 9.36 Å². The average Bonchev–Trinajstić information content (AvgIpc) is 3.18. The molecular weight excluding hydrogens is 396 g/mol. The number of hydrogen-bond donors (Lipinski definition) is 1. The highest BCUT2D eigenvalue weighted by atomic mass is 32.2. The first-order valence-electron chi connectivity index (χ1n) is 9.40. The van der Waals surface area contributed by atoms with E-state index >= 15 is 0 Å². The molecule has 0 saturated carbocycles. The van der Waals surface area contributed by atoms with Gasteiger partial charge in [-0.2, -0.15) is 0 Å². The first kappa shape index (κ1) is 19.8. The third kappa shape index (κ3) is 4.09. The number of thioether (sulfide) groups is 1. The summed E-state index contributed by atoms with van der Waals surface area (Å²) in [6.45, 7) is 0. The zero-order valence-electron chi connectivity index (χ0n) is 16.4. The molecule has 0 aliphatic carbocycles. The van der Waals surface area contributed by atoms with Crippen LogP contribution < -0.4 is 4.74 Å². The monoisotopic (exact) mass is 416 g/mol. The topological polar surface area (TPSA) is 64.3 Å². The van der Waals surface area contributed by atoms with Gasteiger partial charge in [0.1, 0.15) is 5.75 Å². The van der Waals surface area contributed by atoms with Gasteiger partial charge in [0.15, 0.2) is 5.16 Å². The van der Waals surface area contributed by atoms with Crippen LogP contribution in [-0.2, 0) is 4.79 Å². The van der Waals surface area contributed by atoms with Crippen LogP contribution in [0.4, 0.5) is 0 Å². The Kier molecular flexibility index (Phi) is 5.86. The second kappa shape index (κ2) is 8.88. The Morgan fingerprint density at radius 1 is 0.933 bits per heavy atom. The average molecular weight is 417 g/mol. The molecule has 0 aliphatic heterocycles. The smallest absolute Gasteiger partial charge is 0.313 e. The number of carboxylic acid groups (broad SMARTS) is 1. The molecule has 4 rings (SSSR count). The van der Waals surface area contributed by atoms with Crippen LogP contribution in [0.3, 0.4) is 0 Å². The minimum absolute atomic E-state index is 0.0738. The van der Waals surface area contributed by atoms with E-state index in [1.165, 1.54) is 11.8 Å². The van der Waals surface area contributed by atoms with Crippen molar-refractivity contribution < 1.29 is 14.6 Å². The second-order valence-electron chi connectivity index (χ2n) is 6.54. The predicted molar refractivity (Wildman–Crippen MR) is 119 cm³/mol. The summed E-state index contributed by atoms with van der Waals surface area (Å²) in [4.78, 5) is 16.1. The minimum Gasteiger partial charge on any atom is -0.497 e. The fourth-order valence-electron chi connectivity index (χ4n) is 3.25. The van der Waals surface area contributed by atoms with Crippen LogP contribution in [-0.4, -0.2) is 33.5 Å². The molecule has 0 bridgehead atoms. The molecule has 30 heavy (non-hydrogen) atoms. The molecule has 0 atom stereocenters. The lowest BCUT2D eigenvalue weighted by Gasteiger charge is -2.13. The lowest BCUT2D eigenvalue weighted by Crippen LogP contribution is -2.03. The maximum Gasteiger partial charge on any atom is 0.313 e. The van der Waals surface area contributed by atoms with Crippen LogP contribution in [0.2, 0.25) is 0 Å². The summed E-state index contributed by atoms with van der Waals surface area (Å²) in [5, 5.41) is 9.87. The zero-order valence-corrected chi connectivity index (χ0v) is 17.2. The molecular formula is C24H20N2O3S. The number of imidazole rings is 1. The molecule has 5 nitrogen and oxygen atoms in total. The van der Waals surface area contributed by atoms with Crippen LogP contribution in [0, 0.1) is 0 Å². The predicted octanol–water partition coefficient (Wildman–Crippen LogP) is 5.39. The quantitative estimate of drug-likeness (QED) is 0.409. The van der Waals surface area contributed by atoms with Crippen molar-refractivity contribution in [2.24, 2.45) is 0 Å². The van der Waals surface area contributed by atoms with Gasteiger partial charge in [-0.1, -0.05) is 72.4 Å². The number of carboxylic acids is 1. The van der Waals surface area contributed by atoms with E-state index in [1.807, 2.05) is 89.5 Å². The molecule has 0 aliphatic rings. The van der Waals surface area contributed by atoms with Gasteiger partial charge in [-0.25, -0.2) is 4.98 Å². The van der Waals surface area contributed by atoms with E-state index in [1.54, 1.807) is 7.11 Å². The van der Waals surface area contributed by atoms with E-state index in [0.717, 1.165) is 34.0 Å². The van der Waals surface area contributed by atoms with Crippen LogP contribution in [0.25, 0.3) is 28.2 Å². The largest absolute Gasteiger partial charge is 0.497 e. The van der Waals surface area contributed by atoms with Crippen molar-refractivity contribution in [3.05, 3.63) is 84.9 Å². The first-order valence-corrected chi connectivity index (χ1v) is 10.4. The lowest BCUT2D eigenvalue weighted by molar-refractivity contribution is -0.133. The van der Waals surface area contributed by atoms with E-state index < -0.39 is 5.97 Å². The Labute approximate surface area is 179 Å². The summed E-state index contributed by atoms with van der Waals surface area (Å²) in [6.07, 6.45) is 0. The van der Waals surface area contributed by atoms with Crippen molar-refractivity contribution in [2.75, 3.05) is 12.9 Å². The summed E-state index contributed by atoms with van der Waals surface area (Å²) in [7, 11) is 1.63. The third-order valence-corrected chi connectivity index (χ3v) is 5.52. The van der Waals surface area contributed by atoms with Gasteiger partial charge < -0.3 is 9.84 Å². The van der Waals surface area contributed by atoms with E-state index in [4.69, 9.17) is 9.72 Å². The van der Waals surface area contributed by atoms with Gasteiger partial charge in [0.2, 0.25) is 0 Å². The number of hydrogen-bond acceptors (Lipinski definition) is 4. The van der Waals surface area contributed by atoms with Crippen molar-refractivity contribution >= 4 is 17.7 Å². The van der Waals surface area contributed by atoms with Crippen LogP contribution >= 0.6 is 11.8 Å². The molecule has 0 radical (unpaired) electrons. The van der Waals surface area contributed by atoms with Gasteiger partial charge >= 0.3 is 5.97 Å². The second-order valence-corrected chi connectivity index (χ2v) is 7.48. The molecule has 1 heterocycles. The van der Waals surface area contributed by atoms with Crippen LogP contribution in [0.5, 0.6) is 5.75 Å². The molecule has 150 valence electrons. The van der Waals surface area contributed by atoms with Crippen LogP contribution in [0.1, 0.15) is 0 Å². The van der Waals surface area contributed by atoms with Gasteiger partial charge in [0.05, 0.1) is 24.3 Å².